The van der Waals surface area contributed by atoms with Crippen LogP contribution in [0.5, 0.6) is 0 Å². The summed E-state index contributed by atoms with van der Waals surface area (Å²) in [6.45, 7) is 7.21. The molecule has 0 bridgehead atoms. The number of hydrogen-bond acceptors (Lipinski definition) is 2. The molecule has 0 spiro atoms. The molecule has 1 heterocycles. The Balaban J connectivity index is 2.61. The Bertz CT molecular complexity index is 183. The van der Waals surface area contributed by atoms with Crippen LogP contribution >= 0.6 is 0 Å². The highest BCUT2D eigenvalue weighted by molar-refractivity contribution is 5.89. The van der Waals surface area contributed by atoms with Crippen LogP contribution in [0.25, 0.3) is 0 Å². The van der Waals surface area contributed by atoms with Gasteiger partial charge in [0.25, 0.3) is 0 Å². The zero-order valence-corrected chi connectivity index (χ0v) is 7.05. The first kappa shape index (κ1) is 8.27. The number of hydrogen-bond donors (Lipinski definition) is 1. The highest BCUT2D eigenvalue weighted by Gasteiger charge is 2.38. The zero-order chi connectivity index (χ0) is 8.32. The molecule has 62 valence electrons. The monoisotopic (exact) mass is 154 g/mol. The quantitative estimate of drug-likeness (QED) is 0.471. The standard InChI is InChI=1S/C8H14N2O/c1-4-10-7(9-3)8(2)5-11-6-8/h4H,1,5-6H2,2-3H3,(H,9,10). The van der Waals surface area contributed by atoms with E-state index >= 15 is 0 Å². The van der Waals surface area contributed by atoms with Crippen LogP contribution in [0, 0.1) is 5.41 Å². The molecule has 1 aliphatic rings. The van der Waals surface area contributed by atoms with Crippen LogP contribution in [-0.4, -0.2) is 26.1 Å². The Kier molecular flexibility index (Phi) is 2.29. The normalized spacial score (nSPS) is 22.2. The summed E-state index contributed by atoms with van der Waals surface area (Å²) in [4.78, 5) is 4.13. The number of aliphatic imine (C=N–C) groups is 1. The van der Waals surface area contributed by atoms with E-state index in [-0.39, 0.29) is 5.41 Å². The third kappa shape index (κ3) is 1.43. The molecule has 0 aromatic heterocycles. The van der Waals surface area contributed by atoms with Crippen LogP contribution in [0.4, 0.5) is 0 Å². The molecule has 3 nitrogen and oxygen atoms in total. The second-order valence-corrected chi connectivity index (χ2v) is 2.97. The molecule has 0 amide bonds. The van der Waals surface area contributed by atoms with Gasteiger partial charge in [0.15, 0.2) is 0 Å². The summed E-state index contributed by atoms with van der Waals surface area (Å²) in [5, 5.41) is 3.01. The molecule has 0 aliphatic carbocycles. The van der Waals surface area contributed by atoms with Crippen molar-refractivity contribution in [2.24, 2.45) is 10.4 Å². The number of amidine groups is 1. The van der Waals surface area contributed by atoms with Crippen molar-refractivity contribution in [2.45, 2.75) is 6.92 Å². The van der Waals surface area contributed by atoms with E-state index in [2.05, 4.69) is 23.8 Å². The van der Waals surface area contributed by atoms with Crippen molar-refractivity contribution in [2.75, 3.05) is 20.3 Å². The fourth-order valence-electron chi connectivity index (χ4n) is 1.15. The molecular formula is C8H14N2O. The summed E-state index contributed by atoms with van der Waals surface area (Å²) < 4.78 is 5.11. The SMILES string of the molecule is C=CNC(=NC)C1(C)COC1. The minimum Gasteiger partial charge on any atom is -0.379 e. The Labute approximate surface area is 67.2 Å². The van der Waals surface area contributed by atoms with Gasteiger partial charge in [-0.15, -0.1) is 0 Å². The van der Waals surface area contributed by atoms with Gasteiger partial charge in [0, 0.05) is 7.05 Å². The smallest absolute Gasteiger partial charge is 0.110 e. The van der Waals surface area contributed by atoms with Crippen molar-refractivity contribution >= 4 is 5.84 Å². The van der Waals surface area contributed by atoms with Crippen molar-refractivity contribution in [1.29, 1.82) is 0 Å². The maximum Gasteiger partial charge on any atom is 0.110 e. The van der Waals surface area contributed by atoms with Crippen molar-refractivity contribution in [3.05, 3.63) is 12.8 Å². The highest BCUT2D eigenvalue weighted by atomic mass is 16.5. The predicted octanol–water partition coefficient (Wildman–Crippen LogP) is 0.784. The van der Waals surface area contributed by atoms with E-state index in [4.69, 9.17) is 4.74 Å². The van der Waals surface area contributed by atoms with Crippen LogP contribution in [0.15, 0.2) is 17.8 Å². The van der Waals surface area contributed by atoms with Gasteiger partial charge in [0.05, 0.1) is 18.6 Å². The molecule has 0 atom stereocenters. The van der Waals surface area contributed by atoms with E-state index in [9.17, 15) is 0 Å². The number of nitrogens with zero attached hydrogens (tertiary/aromatic N) is 1. The first-order valence-corrected chi connectivity index (χ1v) is 3.65. The summed E-state index contributed by atoms with van der Waals surface area (Å²) in [7, 11) is 1.77. The molecule has 0 aromatic carbocycles. The summed E-state index contributed by atoms with van der Waals surface area (Å²) in [6, 6.07) is 0. The molecule has 1 saturated heterocycles. The van der Waals surface area contributed by atoms with Crippen molar-refractivity contribution in [1.82, 2.24) is 5.32 Å². The molecule has 0 radical (unpaired) electrons. The van der Waals surface area contributed by atoms with Gasteiger partial charge < -0.3 is 10.1 Å². The number of rotatable bonds is 2. The second kappa shape index (κ2) is 3.05. The molecule has 3 heteroatoms. The van der Waals surface area contributed by atoms with Crippen LogP contribution < -0.4 is 5.32 Å². The molecule has 0 unspecified atom stereocenters. The molecule has 1 aliphatic heterocycles. The fourth-order valence-corrected chi connectivity index (χ4v) is 1.15. The number of nitrogens with one attached hydrogen (secondary N) is 1. The Morgan fingerprint density at radius 3 is 2.64 bits per heavy atom. The lowest BCUT2D eigenvalue weighted by molar-refractivity contribution is -0.0598. The maximum absolute atomic E-state index is 5.11. The Morgan fingerprint density at radius 2 is 2.36 bits per heavy atom. The third-order valence-corrected chi connectivity index (χ3v) is 1.88. The van der Waals surface area contributed by atoms with Gasteiger partial charge in [0.1, 0.15) is 5.84 Å². The van der Waals surface area contributed by atoms with E-state index < -0.39 is 0 Å². The number of ether oxygens (including phenoxy) is 1. The average Bonchev–Trinajstić information content (AvgIpc) is 1.96. The lowest BCUT2D eigenvalue weighted by atomic mass is 9.87. The second-order valence-electron chi connectivity index (χ2n) is 2.97. The summed E-state index contributed by atoms with van der Waals surface area (Å²) in [5.41, 5.74) is 0.0862. The zero-order valence-electron chi connectivity index (χ0n) is 7.05. The Hall–Kier alpha value is -0.830. The Morgan fingerprint density at radius 1 is 1.73 bits per heavy atom. The summed E-state index contributed by atoms with van der Waals surface area (Å²) in [6.07, 6.45) is 1.64. The van der Waals surface area contributed by atoms with Gasteiger partial charge in [-0.3, -0.25) is 4.99 Å². The van der Waals surface area contributed by atoms with Gasteiger partial charge in [-0.05, 0) is 13.1 Å². The van der Waals surface area contributed by atoms with Gasteiger partial charge in [-0.1, -0.05) is 6.58 Å². The van der Waals surface area contributed by atoms with Gasteiger partial charge in [-0.2, -0.15) is 0 Å². The molecule has 1 N–H and O–H groups in total. The van der Waals surface area contributed by atoms with E-state index in [0.29, 0.717) is 0 Å². The lowest BCUT2D eigenvalue weighted by Gasteiger charge is -2.38. The third-order valence-electron chi connectivity index (χ3n) is 1.88. The molecule has 1 fully saturated rings. The first-order chi connectivity index (χ1) is 5.23. The average molecular weight is 154 g/mol. The van der Waals surface area contributed by atoms with Crippen molar-refractivity contribution < 1.29 is 4.74 Å². The largest absolute Gasteiger partial charge is 0.379 e. The molecule has 1 rings (SSSR count). The predicted molar refractivity (Wildman–Crippen MR) is 45.6 cm³/mol. The lowest BCUT2D eigenvalue weighted by Crippen LogP contribution is -2.50. The molecule has 0 saturated carbocycles. The van der Waals surface area contributed by atoms with Gasteiger partial charge >= 0.3 is 0 Å². The molecule has 11 heavy (non-hydrogen) atoms. The molecular weight excluding hydrogens is 140 g/mol. The molecule has 0 aromatic rings. The van der Waals surface area contributed by atoms with Crippen molar-refractivity contribution in [3.63, 3.8) is 0 Å². The van der Waals surface area contributed by atoms with Crippen LogP contribution in [0.2, 0.25) is 0 Å². The van der Waals surface area contributed by atoms with E-state index in [1.165, 1.54) is 0 Å². The van der Waals surface area contributed by atoms with Crippen LogP contribution in [0.3, 0.4) is 0 Å². The van der Waals surface area contributed by atoms with Crippen molar-refractivity contribution in [3.8, 4) is 0 Å². The first-order valence-electron chi connectivity index (χ1n) is 3.65. The fraction of sp³-hybridized carbons (Fsp3) is 0.625. The summed E-state index contributed by atoms with van der Waals surface area (Å²) >= 11 is 0. The van der Waals surface area contributed by atoms with Gasteiger partial charge in [-0.25, -0.2) is 0 Å². The van der Waals surface area contributed by atoms with E-state index in [0.717, 1.165) is 19.0 Å². The van der Waals surface area contributed by atoms with Crippen LogP contribution in [-0.2, 0) is 4.74 Å². The van der Waals surface area contributed by atoms with E-state index in [1.807, 2.05) is 0 Å². The minimum absolute atomic E-state index is 0.0862. The van der Waals surface area contributed by atoms with Crippen LogP contribution in [0.1, 0.15) is 6.92 Å². The minimum atomic E-state index is 0.0862. The maximum atomic E-state index is 5.11. The van der Waals surface area contributed by atoms with Gasteiger partial charge in [0.2, 0.25) is 0 Å². The topological polar surface area (TPSA) is 33.6 Å². The summed E-state index contributed by atoms with van der Waals surface area (Å²) in [5.74, 6) is 0.957. The highest BCUT2D eigenvalue weighted by Crippen LogP contribution is 2.27. The van der Waals surface area contributed by atoms with E-state index in [1.54, 1.807) is 13.2 Å².